The lowest BCUT2D eigenvalue weighted by molar-refractivity contribution is 0.275. The van der Waals surface area contributed by atoms with Crippen LogP contribution in [-0.4, -0.2) is 39.7 Å². The Hall–Kier alpha value is -0.353. The molecular weight excluding hydrogens is 252 g/mol. The number of hydrogen-bond acceptors (Lipinski definition) is 3. The van der Waals surface area contributed by atoms with E-state index in [2.05, 4.69) is 52.8 Å². The molecular formula is C15H34N2OSi. The van der Waals surface area contributed by atoms with Crippen LogP contribution in [0.4, 0.5) is 0 Å². The minimum Gasteiger partial charge on any atom is -0.417 e. The highest BCUT2D eigenvalue weighted by molar-refractivity contribution is 6.74. The zero-order valence-corrected chi connectivity index (χ0v) is 15.5. The molecule has 0 spiro atoms. The summed E-state index contributed by atoms with van der Waals surface area (Å²) in [6, 6.07) is 0. The number of hydrazone groups is 1. The van der Waals surface area contributed by atoms with E-state index < -0.39 is 8.32 Å². The fraction of sp³-hybridized carbons (Fsp3) is 0.933. The van der Waals surface area contributed by atoms with E-state index in [4.69, 9.17) is 4.43 Å². The number of rotatable bonds is 7. The van der Waals surface area contributed by atoms with Gasteiger partial charge in [-0.1, -0.05) is 27.7 Å². The maximum atomic E-state index is 6.19. The first-order valence-electron chi connectivity index (χ1n) is 7.34. The van der Waals surface area contributed by atoms with Crippen LogP contribution >= 0.6 is 0 Å². The molecule has 114 valence electrons. The Balaban J connectivity index is 4.06. The van der Waals surface area contributed by atoms with Crippen molar-refractivity contribution < 1.29 is 4.43 Å². The Morgan fingerprint density at radius 2 is 1.79 bits per heavy atom. The maximum Gasteiger partial charge on any atom is 0.191 e. The molecule has 0 bridgehead atoms. The standard InChI is InChI=1S/C15H34N2OSi/c1-13(14(2)16-17(6)7)11-10-12-18-19(8,9)15(3,4)5/h13H,10-12H2,1-9H3/b16-14+/t13-/m0/s1. The van der Waals surface area contributed by atoms with Gasteiger partial charge in [-0.3, -0.25) is 0 Å². The average molecular weight is 287 g/mol. The van der Waals surface area contributed by atoms with Gasteiger partial charge in [-0.05, 0) is 43.8 Å². The molecule has 0 saturated heterocycles. The van der Waals surface area contributed by atoms with Crippen LogP contribution in [-0.2, 0) is 4.43 Å². The highest BCUT2D eigenvalue weighted by atomic mass is 28.4. The third-order valence-electron chi connectivity index (χ3n) is 4.12. The van der Waals surface area contributed by atoms with Crippen molar-refractivity contribution in [3.8, 4) is 0 Å². The molecule has 0 aromatic carbocycles. The monoisotopic (exact) mass is 286 g/mol. The summed E-state index contributed by atoms with van der Waals surface area (Å²) in [6.45, 7) is 16.7. The third-order valence-corrected chi connectivity index (χ3v) is 8.66. The molecule has 0 amide bonds. The van der Waals surface area contributed by atoms with Crippen molar-refractivity contribution in [1.29, 1.82) is 0 Å². The molecule has 0 heterocycles. The van der Waals surface area contributed by atoms with Gasteiger partial charge in [0.25, 0.3) is 0 Å². The van der Waals surface area contributed by atoms with Crippen LogP contribution in [0.1, 0.15) is 47.5 Å². The summed E-state index contributed by atoms with van der Waals surface area (Å²) < 4.78 is 6.19. The van der Waals surface area contributed by atoms with Crippen LogP contribution in [0.5, 0.6) is 0 Å². The Morgan fingerprint density at radius 1 is 1.26 bits per heavy atom. The third kappa shape index (κ3) is 7.11. The van der Waals surface area contributed by atoms with Crippen LogP contribution in [0.3, 0.4) is 0 Å². The predicted molar refractivity (Wildman–Crippen MR) is 88.3 cm³/mol. The Labute approximate surface area is 121 Å². The first kappa shape index (κ1) is 18.6. The van der Waals surface area contributed by atoms with Crippen molar-refractivity contribution >= 4 is 14.0 Å². The molecule has 0 aliphatic carbocycles. The fourth-order valence-corrected chi connectivity index (χ4v) is 2.64. The molecule has 0 fully saturated rings. The number of hydrogen-bond donors (Lipinski definition) is 0. The van der Waals surface area contributed by atoms with Gasteiger partial charge >= 0.3 is 0 Å². The zero-order chi connectivity index (χ0) is 15.3. The molecule has 0 saturated carbocycles. The summed E-state index contributed by atoms with van der Waals surface area (Å²) in [5, 5.41) is 6.64. The number of nitrogens with zero attached hydrogens (tertiary/aromatic N) is 2. The van der Waals surface area contributed by atoms with Crippen LogP contribution < -0.4 is 0 Å². The van der Waals surface area contributed by atoms with Gasteiger partial charge in [0.2, 0.25) is 0 Å². The fourth-order valence-electron chi connectivity index (χ4n) is 1.56. The average Bonchev–Trinajstić information content (AvgIpc) is 2.21. The summed E-state index contributed by atoms with van der Waals surface area (Å²) in [4.78, 5) is 0. The molecule has 0 aliphatic heterocycles. The molecule has 0 aromatic heterocycles. The summed E-state index contributed by atoms with van der Waals surface area (Å²) >= 11 is 0. The molecule has 0 unspecified atom stereocenters. The Bertz CT molecular complexity index is 293. The second-order valence-corrected chi connectivity index (χ2v) is 12.0. The van der Waals surface area contributed by atoms with Crippen molar-refractivity contribution in [1.82, 2.24) is 5.01 Å². The molecule has 0 rings (SSSR count). The van der Waals surface area contributed by atoms with Crippen molar-refractivity contribution in [3.05, 3.63) is 0 Å². The smallest absolute Gasteiger partial charge is 0.191 e. The van der Waals surface area contributed by atoms with Gasteiger partial charge in [-0.25, -0.2) is 0 Å². The summed E-state index contributed by atoms with van der Waals surface area (Å²) in [7, 11) is 2.37. The Kier molecular flexibility index (Phi) is 7.30. The molecule has 0 radical (unpaired) electrons. The largest absolute Gasteiger partial charge is 0.417 e. The van der Waals surface area contributed by atoms with Gasteiger partial charge < -0.3 is 9.43 Å². The summed E-state index contributed by atoms with van der Waals surface area (Å²) in [5.74, 6) is 0.533. The normalized spacial score (nSPS) is 15.5. The predicted octanol–water partition coefficient (Wildman–Crippen LogP) is 4.36. The van der Waals surface area contributed by atoms with Gasteiger partial charge in [0.05, 0.1) is 0 Å². The van der Waals surface area contributed by atoms with Gasteiger partial charge in [0.1, 0.15) is 0 Å². The molecule has 0 aromatic rings. The molecule has 19 heavy (non-hydrogen) atoms. The van der Waals surface area contributed by atoms with Gasteiger partial charge in [-0.15, -0.1) is 0 Å². The van der Waals surface area contributed by atoms with E-state index in [1.807, 2.05) is 19.1 Å². The SMILES string of the molecule is C/C(=N\N(C)C)[C@@H](C)CCCO[Si](C)(C)C(C)(C)C. The summed E-state index contributed by atoms with van der Waals surface area (Å²) in [6.07, 6.45) is 2.27. The lowest BCUT2D eigenvalue weighted by atomic mass is 10.0. The second-order valence-electron chi connectivity index (χ2n) is 7.24. The van der Waals surface area contributed by atoms with Crippen molar-refractivity contribution in [2.45, 2.75) is 65.6 Å². The van der Waals surface area contributed by atoms with Crippen LogP contribution in [0.25, 0.3) is 0 Å². The molecule has 4 heteroatoms. The van der Waals surface area contributed by atoms with Crippen molar-refractivity contribution in [2.24, 2.45) is 11.0 Å². The van der Waals surface area contributed by atoms with Crippen LogP contribution in [0, 0.1) is 5.92 Å². The van der Waals surface area contributed by atoms with Gasteiger partial charge in [-0.2, -0.15) is 5.10 Å². The van der Waals surface area contributed by atoms with E-state index in [1.54, 1.807) is 0 Å². The maximum absolute atomic E-state index is 6.19. The van der Waals surface area contributed by atoms with Crippen molar-refractivity contribution in [3.63, 3.8) is 0 Å². The summed E-state index contributed by atoms with van der Waals surface area (Å²) in [5.41, 5.74) is 1.21. The highest BCUT2D eigenvalue weighted by Crippen LogP contribution is 2.36. The lowest BCUT2D eigenvalue weighted by Gasteiger charge is -2.36. The quantitative estimate of drug-likeness (QED) is 0.300. The topological polar surface area (TPSA) is 24.8 Å². The molecule has 0 aliphatic rings. The van der Waals surface area contributed by atoms with Crippen LogP contribution in [0.15, 0.2) is 5.10 Å². The highest BCUT2D eigenvalue weighted by Gasteiger charge is 2.36. The van der Waals surface area contributed by atoms with E-state index in [0.717, 1.165) is 19.4 Å². The minimum atomic E-state index is -1.57. The van der Waals surface area contributed by atoms with E-state index >= 15 is 0 Å². The minimum absolute atomic E-state index is 0.306. The van der Waals surface area contributed by atoms with Crippen molar-refractivity contribution in [2.75, 3.05) is 20.7 Å². The second kappa shape index (κ2) is 7.43. The Morgan fingerprint density at radius 3 is 2.21 bits per heavy atom. The molecule has 3 nitrogen and oxygen atoms in total. The molecule has 1 atom stereocenters. The van der Waals surface area contributed by atoms with Gasteiger partial charge in [0.15, 0.2) is 8.32 Å². The van der Waals surface area contributed by atoms with Crippen LogP contribution in [0.2, 0.25) is 18.1 Å². The first-order valence-corrected chi connectivity index (χ1v) is 10.2. The van der Waals surface area contributed by atoms with E-state index in [1.165, 1.54) is 5.71 Å². The first-order chi connectivity index (χ1) is 8.47. The van der Waals surface area contributed by atoms with E-state index in [0.29, 0.717) is 11.0 Å². The zero-order valence-electron chi connectivity index (χ0n) is 14.5. The van der Waals surface area contributed by atoms with E-state index in [9.17, 15) is 0 Å². The van der Waals surface area contributed by atoms with Gasteiger partial charge in [0, 0.05) is 26.4 Å². The lowest BCUT2D eigenvalue weighted by Crippen LogP contribution is -2.41. The molecule has 0 N–H and O–H groups in total. The van der Waals surface area contributed by atoms with E-state index in [-0.39, 0.29) is 0 Å².